The van der Waals surface area contributed by atoms with Crippen molar-refractivity contribution in [3.63, 3.8) is 0 Å². The topological polar surface area (TPSA) is 61.8 Å². The van der Waals surface area contributed by atoms with E-state index >= 15 is 0 Å². The van der Waals surface area contributed by atoms with Gasteiger partial charge in [0, 0.05) is 6.92 Å². The Balaban J connectivity index is 2.42. The molecule has 0 aliphatic heterocycles. The first kappa shape index (κ1) is 15.0. The minimum Gasteiger partial charge on any atom is -0.425 e. The number of carbonyl (C=O) groups is 2. The first-order chi connectivity index (χ1) is 8.88. The quantitative estimate of drug-likeness (QED) is 0.476. The van der Waals surface area contributed by atoms with E-state index in [4.69, 9.17) is 14.2 Å². The van der Waals surface area contributed by atoms with Gasteiger partial charge in [0.2, 0.25) is 6.29 Å². The van der Waals surface area contributed by atoms with E-state index in [1.54, 1.807) is 26.0 Å². The zero-order valence-electron chi connectivity index (χ0n) is 11.5. The molecule has 5 heteroatoms. The first-order valence-electron chi connectivity index (χ1n) is 6.04. The van der Waals surface area contributed by atoms with E-state index in [1.165, 1.54) is 6.92 Å². The second-order valence-electron chi connectivity index (χ2n) is 4.44. The monoisotopic (exact) mass is 266 g/mol. The lowest BCUT2D eigenvalue weighted by molar-refractivity contribution is -0.170. The summed E-state index contributed by atoms with van der Waals surface area (Å²) in [5.41, 5.74) is 1.06. The molecule has 0 amide bonds. The van der Waals surface area contributed by atoms with Gasteiger partial charge < -0.3 is 14.2 Å². The third-order valence-electron chi connectivity index (χ3n) is 2.24. The Labute approximate surface area is 112 Å². The Hall–Kier alpha value is -2.04. The summed E-state index contributed by atoms with van der Waals surface area (Å²) in [6.07, 6.45) is -1.89. The third kappa shape index (κ3) is 5.42. The van der Waals surface area contributed by atoms with Gasteiger partial charge >= 0.3 is 12.1 Å². The second kappa shape index (κ2) is 6.78. The van der Waals surface area contributed by atoms with Crippen LogP contribution >= 0.6 is 0 Å². The van der Waals surface area contributed by atoms with E-state index < -0.39 is 18.4 Å². The van der Waals surface area contributed by atoms with Crippen molar-refractivity contribution in [2.75, 3.05) is 0 Å². The minimum atomic E-state index is -0.979. The van der Waals surface area contributed by atoms with Crippen LogP contribution in [0, 0.1) is 12.8 Å². The maximum Gasteiger partial charge on any atom is 0.516 e. The Morgan fingerprint density at radius 2 is 1.58 bits per heavy atom. The molecule has 0 saturated heterocycles. The van der Waals surface area contributed by atoms with Crippen LogP contribution in [0.2, 0.25) is 0 Å². The summed E-state index contributed by atoms with van der Waals surface area (Å²) >= 11 is 0. The molecule has 0 N–H and O–H groups in total. The molecule has 0 saturated carbocycles. The molecule has 0 aliphatic rings. The maximum absolute atomic E-state index is 11.4. The van der Waals surface area contributed by atoms with Crippen LogP contribution < -0.4 is 4.74 Å². The van der Waals surface area contributed by atoms with Crippen LogP contribution in [0.4, 0.5) is 4.79 Å². The van der Waals surface area contributed by atoms with Crippen molar-refractivity contribution in [3.05, 3.63) is 29.8 Å². The Kier molecular flexibility index (Phi) is 5.36. The van der Waals surface area contributed by atoms with Gasteiger partial charge in [0.25, 0.3) is 0 Å². The standard InChI is InChI=1S/C14H18O5/c1-9(2)13(15)17-11(4)18-14(16)19-12-7-5-10(3)6-8-12/h5-9,11H,1-4H3. The van der Waals surface area contributed by atoms with Gasteiger partial charge in [-0.15, -0.1) is 0 Å². The summed E-state index contributed by atoms with van der Waals surface area (Å²) < 4.78 is 14.6. The van der Waals surface area contributed by atoms with Crippen molar-refractivity contribution in [2.24, 2.45) is 5.92 Å². The van der Waals surface area contributed by atoms with Gasteiger partial charge in [-0.25, -0.2) is 4.79 Å². The molecule has 0 aliphatic carbocycles. The van der Waals surface area contributed by atoms with E-state index in [9.17, 15) is 9.59 Å². The van der Waals surface area contributed by atoms with Crippen molar-refractivity contribution in [1.82, 2.24) is 0 Å². The fourth-order valence-corrected chi connectivity index (χ4v) is 1.19. The van der Waals surface area contributed by atoms with Gasteiger partial charge in [-0.3, -0.25) is 4.79 Å². The zero-order chi connectivity index (χ0) is 14.4. The lowest BCUT2D eigenvalue weighted by atomic mass is 10.2. The predicted octanol–water partition coefficient (Wildman–Crippen LogP) is 3.06. The van der Waals surface area contributed by atoms with Crippen LogP contribution in [-0.2, 0) is 14.3 Å². The number of aryl methyl sites for hydroxylation is 1. The molecule has 19 heavy (non-hydrogen) atoms. The number of carbonyl (C=O) groups excluding carboxylic acids is 2. The number of hydrogen-bond acceptors (Lipinski definition) is 5. The highest BCUT2D eigenvalue weighted by atomic mass is 16.8. The van der Waals surface area contributed by atoms with Crippen LogP contribution in [-0.4, -0.2) is 18.4 Å². The average molecular weight is 266 g/mol. The SMILES string of the molecule is Cc1ccc(OC(=O)OC(C)OC(=O)C(C)C)cc1. The molecule has 0 aromatic heterocycles. The van der Waals surface area contributed by atoms with E-state index in [0.29, 0.717) is 5.75 Å². The van der Waals surface area contributed by atoms with Gasteiger partial charge in [-0.05, 0) is 19.1 Å². The lowest BCUT2D eigenvalue weighted by Gasteiger charge is -2.15. The molecule has 1 unspecified atom stereocenters. The van der Waals surface area contributed by atoms with E-state index in [-0.39, 0.29) is 5.92 Å². The number of benzene rings is 1. The third-order valence-corrected chi connectivity index (χ3v) is 2.24. The molecular formula is C14H18O5. The Bertz CT molecular complexity index is 436. The summed E-state index contributed by atoms with van der Waals surface area (Å²) in [6.45, 7) is 6.77. The van der Waals surface area contributed by atoms with Gasteiger partial charge in [-0.1, -0.05) is 31.5 Å². The molecule has 5 nitrogen and oxygen atoms in total. The molecule has 0 bridgehead atoms. The Morgan fingerprint density at radius 3 is 2.11 bits per heavy atom. The van der Waals surface area contributed by atoms with Crippen molar-refractivity contribution < 1.29 is 23.8 Å². The van der Waals surface area contributed by atoms with Crippen molar-refractivity contribution in [2.45, 2.75) is 34.0 Å². The summed E-state index contributed by atoms with van der Waals surface area (Å²) in [6, 6.07) is 6.93. The number of esters is 1. The van der Waals surface area contributed by atoms with E-state index in [2.05, 4.69) is 0 Å². The fraction of sp³-hybridized carbons (Fsp3) is 0.429. The molecule has 0 heterocycles. The van der Waals surface area contributed by atoms with Crippen LogP contribution in [0.15, 0.2) is 24.3 Å². The Morgan fingerprint density at radius 1 is 1.00 bits per heavy atom. The molecule has 1 aromatic carbocycles. The zero-order valence-corrected chi connectivity index (χ0v) is 11.5. The van der Waals surface area contributed by atoms with E-state index in [0.717, 1.165) is 5.56 Å². The van der Waals surface area contributed by atoms with E-state index in [1.807, 2.05) is 19.1 Å². The predicted molar refractivity (Wildman–Crippen MR) is 68.7 cm³/mol. The molecule has 1 atom stereocenters. The number of ether oxygens (including phenoxy) is 3. The van der Waals surface area contributed by atoms with Crippen LogP contribution in [0.5, 0.6) is 5.75 Å². The highest BCUT2D eigenvalue weighted by Crippen LogP contribution is 2.13. The van der Waals surface area contributed by atoms with Crippen LogP contribution in [0.3, 0.4) is 0 Å². The van der Waals surface area contributed by atoms with Crippen molar-refractivity contribution in [1.29, 1.82) is 0 Å². The van der Waals surface area contributed by atoms with Crippen molar-refractivity contribution in [3.8, 4) is 5.75 Å². The highest BCUT2D eigenvalue weighted by molar-refractivity contribution is 5.72. The highest BCUT2D eigenvalue weighted by Gasteiger charge is 2.17. The number of rotatable bonds is 4. The average Bonchev–Trinajstić information content (AvgIpc) is 2.31. The maximum atomic E-state index is 11.4. The lowest BCUT2D eigenvalue weighted by Crippen LogP contribution is -2.25. The molecule has 104 valence electrons. The largest absolute Gasteiger partial charge is 0.516 e. The molecule has 1 aromatic rings. The van der Waals surface area contributed by atoms with Gasteiger partial charge in [0.05, 0.1) is 5.92 Å². The summed E-state index contributed by atoms with van der Waals surface area (Å²) in [5, 5.41) is 0. The van der Waals surface area contributed by atoms with Crippen molar-refractivity contribution >= 4 is 12.1 Å². The first-order valence-corrected chi connectivity index (χ1v) is 6.04. The van der Waals surface area contributed by atoms with Crippen LogP contribution in [0.25, 0.3) is 0 Å². The van der Waals surface area contributed by atoms with Gasteiger partial charge in [0.15, 0.2) is 0 Å². The fourth-order valence-electron chi connectivity index (χ4n) is 1.19. The molecular weight excluding hydrogens is 248 g/mol. The normalized spacial score (nSPS) is 11.8. The molecule has 0 fully saturated rings. The smallest absolute Gasteiger partial charge is 0.425 e. The molecule has 1 rings (SSSR count). The summed E-state index contributed by atoms with van der Waals surface area (Å²) in [5.74, 6) is -0.340. The van der Waals surface area contributed by atoms with Gasteiger partial charge in [-0.2, -0.15) is 0 Å². The minimum absolute atomic E-state index is 0.279. The van der Waals surface area contributed by atoms with Gasteiger partial charge in [0.1, 0.15) is 5.75 Å². The number of hydrogen-bond donors (Lipinski definition) is 0. The summed E-state index contributed by atoms with van der Waals surface area (Å²) in [7, 11) is 0. The second-order valence-corrected chi connectivity index (χ2v) is 4.44. The molecule has 0 radical (unpaired) electrons. The van der Waals surface area contributed by atoms with Crippen LogP contribution in [0.1, 0.15) is 26.3 Å². The molecule has 0 spiro atoms. The summed E-state index contributed by atoms with van der Waals surface area (Å²) in [4.78, 5) is 22.7.